The van der Waals surface area contributed by atoms with Gasteiger partial charge in [0.25, 0.3) is 0 Å². The third kappa shape index (κ3) is 3.16. The first-order valence-electron chi connectivity index (χ1n) is 11.1. The van der Waals surface area contributed by atoms with E-state index in [1.165, 1.54) is 5.56 Å². The summed E-state index contributed by atoms with van der Waals surface area (Å²) in [6.45, 7) is 0. The lowest BCUT2D eigenvalue weighted by Gasteiger charge is -2.35. The van der Waals surface area contributed by atoms with Gasteiger partial charge in [0.05, 0.1) is 17.1 Å². The van der Waals surface area contributed by atoms with Gasteiger partial charge in [-0.3, -0.25) is 9.36 Å². The van der Waals surface area contributed by atoms with Crippen LogP contribution in [0.15, 0.2) is 102 Å². The van der Waals surface area contributed by atoms with Crippen LogP contribution in [0.4, 0.5) is 5.95 Å². The van der Waals surface area contributed by atoms with Gasteiger partial charge in [-0.25, -0.2) is 4.98 Å². The number of nitrogens with zero attached hydrogens (tertiary/aromatic N) is 2. The standard InChI is InChI=1S/C28H23N3O/c32-26-18-21(20-11-5-2-6-12-20)17-23-27(26)25(16-15-19-9-3-1-4-10-19)31-24-14-8-7-13-22(24)29-28(31)30-23/h1-16,21,25H,17-18H2,(H,29,30)/b16-15+. The number of para-hydroxylation sites is 2. The smallest absolute Gasteiger partial charge is 0.209 e. The molecule has 1 N–H and O–H groups in total. The second-order valence-electron chi connectivity index (χ2n) is 8.47. The molecule has 4 heteroatoms. The number of allylic oxidation sites excluding steroid dienone is 3. The number of aromatic nitrogens is 2. The molecule has 0 radical (unpaired) electrons. The molecule has 4 nitrogen and oxygen atoms in total. The lowest BCUT2D eigenvalue weighted by molar-refractivity contribution is -0.116. The van der Waals surface area contributed by atoms with Gasteiger partial charge in [-0.05, 0) is 35.6 Å². The van der Waals surface area contributed by atoms with E-state index >= 15 is 0 Å². The number of hydrogen-bond acceptors (Lipinski definition) is 3. The van der Waals surface area contributed by atoms with Gasteiger partial charge < -0.3 is 5.32 Å². The highest BCUT2D eigenvalue weighted by Crippen LogP contribution is 2.44. The molecule has 32 heavy (non-hydrogen) atoms. The molecule has 1 aliphatic carbocycles. The Morgan fingerprint density at radius 1 is 0.875 bits per heavy atom. The van der Waals surface area contributed by atoms with Gasteiger partial charge in [0.15, 0.2) is 5.78 Å². The number of carbonyl (C=O) groups is 1. The van der Waals surface area contributed by atoms with Crippen molar-refractivity contribution in [3.8, 4) is 0 Å². The molecule has 2 atom stereocenters. The fourth-order valence-corrected chi connectivity index (χ4v) is 4.98. The summed E-state index contributed by atoms with van der Waals surface area (Å²) in [4.78, 5) is 18.4. The highest BCUT2D eigenvalue weighted by molar-refractivity contribution is 6.01. The fraction of sp³-hybridized carbons (Fsp3) is 0.143. The number of carbonyl (C=O) groups excluding carboxylic acids is 1. The number of Topliss-reactive ketones (excluding diaryl/α,β-unsaturated/α-hetero) is 1. The molecule has 2 unspecified atom stereocenters. The van der Waals surface area contributed by atoms with E-state index in [2.05, 4.69) is 52.4 Å². The van der Waals surface area contributed by atoms with Crippen molar-refractivity contribution in [3.63, 3.8) is 0 Å². The summed E-state index contributed by atoms with van der Waals surface area (Å²) in [5.41, 5.74) is 6.15. The van der Waals surface area contributed by atoms with Crippen LogP contribution < -0.4 is 5.32 Å². The van der Waals surface area contributed by atoms with Crippen molar-refractivity contribution in [1.82, 2.24) is 9.55 Å². The van der Waals surface area contributed by atoms with Crippen LogP contribution in [-0.2, 0) is 4.79 Å². The minimum atomic E-state index is -0.182. The normalized spacial score (nSPS) is 20.3. The van der Waals surface area contributed by atoms with Gasteiger partial charge in [-0.2, -0.15) is 0 Å². The van der Waals surface area contributed by atoms with Crippen molar-refractivity contribution in [1.29, 1.82) is 0 Å². The number of ketones is 1. The second kappa shape index (κ2) is 7.65. The van der Waals surface area contributed by atoms with Crippen molar-refractivity contribution in [2.45, 2.75) is 24.8 Å². The maximum Gasteiger partial charge on any atom is 0.209 e. The molecule has 0 spiro atoms. The number of imidazole rings is 1. The number of anilines is 1. The number of hydrogen-bond donors (Lipinski definition) is 1. The summed E-state index contributed by atoms with van der Waals surface area (Å²) >= 11 is 0. The predicted molar refractivity (Wildman–Crippen MR) is 128 cm³/mol. The molecule has 0 saturated heterocycles. The first kappa shape index (κ1) is 18.8. The van der Waals surface area contributed by atoms with Crippen LogP contribution in [0.5, 0.6) is 0 Å². The molecule has 0 bridgehead atoms. The molecule has 2 heterocycles. The first-order valence-corrected chi connectivity index (χ1v) is 11.1. The summed E-state index contributed by atoms with van der Waals surface area (Å²) < 4.78 is 2.16. The second-order valence-corrected chi connectivity index (χ2v) is 8.47. The largest absolute Gasteiger partial charge is 0.329 e. The first-order chi connectivity index (χ1) is 15.8. The Bertz CT molecular complexity index is 1370. The third-order valence-electron chi connectivity index (χ3n) is 6.48. The van der Waals surface area contributed by atoms with Gasteiger partial charge in [-0.15, -0.1) is 0 Å². The van der Waals surface area contributed by atoms with Gasteiger partial charge in [-0.1, -0.05) is 84.9 Å². The Labute approximate surface area is 186 Å². The molecule has 0 fully saturated rings. The number of nitrogens with one attached hydrogen (secondary N) is 1. The van der Waals surface area contributed by atoms with E-state index in [1.54, 1.807) is 0 Å². The number of benzene rings is 3. The highest BCUT2D eigenvalue weighted by atomic mass is 16.1. The zero-order chi connectivity index (χ0) is 21.5. The zero-order valence-corrected chi connectivity index (χ0v) is 17.6. The number of rotatable bonds is 3. The van der Waals surface area contributed by atoms with Crippen LogP contribution in [0.3, 0.4) is 0 Å². The van der Waals surface area contributed by atoms with E-state index in [4.69, 9.17) is 4.98 Å². The molecule has 2 aliphatic rings. The Balaban J connectivity index is 1.47. The maximum atomic E-state index is 13.5. The summed E-state index contributed by atoms with van der Waals surface area (Å²) in [5.74, 6) is 1.19. The predicted octanol–water partition coefficient (Wildman–Crippen LogP) is 6.12. The molecule has 156 valence electrons. The van der Waals surface area contributed by atoms with Crippen LogP contribution in [0.2, 0.25) is 0 Å². The van der Waals surface area contributed by atoms with Crippen molar-refractivity contribution in [2.24, 2.45) is 0 Å². The van der Waals surface area contributed by atoms with Crippen LogP contribution >= 0.6 is 0 Å². The lowest BCUT2D eigenvalue weighted by atomic mass is 9.79. The van der Waals surface area contributed by atoms with Gasteiger partial charge in [0, 0.05) is 17.7 Å². The average molecular weight is 418 g/mol. The molecule has 3 aromatic carbocycles. The zero-order valence-electron chi connectivity index (χ0n) is 17.6. The third-order valence-corrected chi connectivity index (χ3v) is 6.48. The van der Waals surface area contributed by atoms with Crippen molar-refractivity contribution < 1.29 is 4.79 Å². The van der Waals surface area contributed by atoms with Crippen molar-refractivity contribution in [3.05, 3.63) is 113 Å². The molecule has 0 amide bonds. The molecular formula is C28H23N3O. The molecule has 6 rings (SSSR count). The molecular weight excluding hydrogens is 394 g/mol. The van der Waals surface area contributed by atoms with Gasteiger partial charge in [0.1, 0.15) is 0 Å². The quantitative estimate of drug-likeness (QED) is 0.437. The Morgan fingerprint density at radius 3 is 2.41 bits per heavy atom. The van der Waals surface area contributed by atoms with Gasteiger partial charge >= 0.3 is 0 Å². The SMILES string of the molecule is O=C1CC(c2ccccc2)CC2=C1C(/C=C/c1ccccc1)n1c(nc3ccccc31)N2. The van der Waals surface area contributed by atoms with E-state index in [-0.39, 0.29) is 17.7 Å². The van der Waals surface area contributed by atoms with E-state index in [0.717, 1.165) is 40.2 Å². The minimum Gasteiger partial charge on any atom is -0.329 e. The minimum absolute atomic E-state index is 0.182. The number of fused-ring (bicyclic) bond motifs is 3. The Kier molecular flexibility index (Phi) is 4.50. The average Bonchev–Trinajstić information content (AvgIpc) is 3.21. The summed E-state index contributed by atoms with van der Waals surface area (Å²) in [5, 5.41) is 3.52. The fourth-order valence-electron chi connectivity index (χ4n) is 4.98. The topological polar surface area (TPSA) is 46.9 Å². The molecule has 1 aliphatic heterocycles. The van der Waals surface area contributed by atoms with E-state index in [9.17, 15) is 4.79 Å². The van der Waals surface area contributed by atoms with Crippen molar-refractivity contribution in [2.75, 3.05) is 5.32 Å². The Hall–Kier alpha value is -3.92. The van der Waals surface area contributed by atoms with E-state index < -0.39 is 0 Å². The van der Waals surface area contributed by atoms with Crippen LogP contribution in [-0.4, -0.2) is 15.3 Å². The van der Waals surface area contributed by atoms with Crippen molar-refractivity contribution >= 4 is 28.8 Å². The Morgan fingerprint density at radius 2 is 1.59 bits per heavy atom. The summed E-state index contributed by atoms with van der Waals surface area (Å²) in [6, 6.07) is 28.5. The van der Waals surface area contributed by atoms with Gasteiger partial charge in [0.2, 0.25) is 5.95 Å². The van der Waals surface area contributed by atoms with Crippen LogP contribution in [0.1, 0.15) is 35.9 Å². The molecule has 1 aromatic heterocycles. The van der Waals surface area contributed by atoms with E-state index in [0.29, 0.717) is 6.42 Å². The highest BCUT2D eigenvalue weighted by Gasteiger charge is 2.37. The molecule has 4 aromatic rings. The maximum absolute atomic E-state index is 13.5. The van der Waals surface area contributed by atoms with E-state index in [1.807, 2.05) is 54.6 Å². The lowest BCUT2D eigenvalue weighted by Crippen LogP contribution is -2.31. The molecule has 0 saturated carbocycles. The van der Waals surface area contributed by atoms with Crippen LogP contribution in [0.25, 0.3) is 17.1 Å². The summed E-state index contributed by atoms with van der Waals surface area (Å²) in [6.07, 6.45) is 5.59. The summed E-state index contributed by atoms with van der Waals surface area (Å²) in [7, 11) is 0. The van der Waals surface area contributed by atoms with Crippen LogP contribution in [0, 0.1) is 0 Å². The monoisotopic (exact) mass is 417 g/mol.